The molecule has 0 atom stereocenters. The van der Waals surface area contributed by atoms with Gasteiger partial charge in [-0.3, -0.25) is 0 Å². The number of pyridine rings is 1. The Kier molecular flexibility index (Phi) is 12.7. The molecule has 1 saturated heterocycles. The van der Waals surface area contributed by atoms with E-state index in [0.717, 1.165) is 37.8 Å². The topological polar surface area (TPSA) is 121 Å². The molecule has 0 radical (unpaired) electrons. The Hall–Kier alpha value is -3.75. The first-order chi connectivity index (χ1) is 16.8. The highest BCUT2D eigenvalue weighted by Gasteiger charge is 2.14. The van der Waals surface area contributed by atoms with Gasteiger partial charge in [-0.2, -0.15) is 14.6 Å². The van der Waals surface area contributed by atoms with E-state index in [9.17, 15) is 10.0 Å². The predicted octanol–water partition coefficient (Wildman–Crippen LogP) is 3.63. The lowest BCUT2D eigenvalue weighted by Gasteiger charge is -2.34. The number of hydrogen-bond donors (Lipinski definition) is 2. The molecule has 35 heavy (non-hydrogen) atoms. The normalized spacial score (nSPS) is 12.8. The van der Waals surface area contributed by atoms with E-state index in [-0.39, 0.29) is 11.8 Å². The summed E-state index contributed by atoms with van der Waals surface area (Å²) < 4.78 is 0.455. The average Bonchev–Trinajstić information content (AvgIpc) is 2.85. The fourth-order valence-corrected chi connectivity index (χ4v) is 3.10. The molecule has 0 bridgehead atoms. The minimum atomic E-state index is -0.771. The highest BCUT2D eigenvalue weighted by molar-refractivity contribution is 5.88. The van der Waals surface area contributed by atoms with Crippen LogP contribution in [0.15, 0.2) is 47.4 Å². The third-order valence-corrected chi connectivity index (χ3v) is 4.63. The number of likely N-dealkylation sites (N-methyl/N-ethyl adjacent to an activating group) is 1. The van der Waals surface area contributed by atoms with Gasteiger partial charge in [0.15, 0.2) is 5.65 Å². The van der Waals surface area contributed by atoms with Crippen molar-refractivity contribution < 1.29 is 14.8 Å². The first-order valence-electron chi connectivity index (χ1n) is 11.6. The number of nitrogens with one attached hydrogen (secondary N) is 1. The molecule has 0 saturated carbocycles. The molecule has 0 unspecified atom stereocenters. The van der Waals surface area contributed by atoms with E-state index in [4.69, 9.17) is 9.59 Å². The molecule has 2 aromatic heterocycles. The molecule has 10 heteroatoms. The zero-order valence-corrected chi connectivity index (χ0v) is 21.4. The Morgan fingerprint density at radius 3 is 2.09 bits per heavy atom. The van der Waals surface area contributed by atoms with Crippen LogP contribution >= 0.6 is 0 Å². The summed E-state index contributed by atoms with van der Waals surface area (Å²) >= 11 is 0. The number of carbonyl (C=O) groups excluding carboxylic acids is 2. The Balaban J connectivity index is 0.000000597. The largest absolute Gasteiger partial charge is 0.422 e. The molecule has 1 aromatic carbocycles. The highest BCUT2D eigenvalue weighted by atomic mass is 16.5. The van der Waals surface area contributed by atoms with Gasteiger partial charge in [0, 0.05) is 43.8 Å². The number of anilines is 3. The van der Waals surface area contributed by atoms with Gasteiger partial charge < -0.3 is 20.3 Å². The van der Waals surface area contributed by atoms with E-state index in [0.29, 0.717) is 15.9 Å². The molecular formula is C25H36N6O4. The number of nitrogens with zero attached hydrogens (tertiary/aromatic N) is 5. The lowest BCUT2D eigenvalue weighted by Crippen LogP contribution is -2.44. The maximum atomic E-state index is 11.8. The van der Waals surface area contributed by atoms with Crippen LogP contribution in [0.4, 0.5) is 17.2 Å². The van der Waals surface area contributed by atoms with Crippen LogP contribution < -0.4 is 15.9 Å². The van der Waals surface area contributed by atoms with Crippen LogP contribution in [0.5, 0.6) is 0 Å². The Morgan fingerprint density at radius 1 is 1.00 bits per heavy atom. The van der Waals surface area contributed by atoms with Gasteiger partial charge in [-0.1, -0.05) is 34.6 Å². The van der Waals surface area contributed by atoms with Gasteiger partial charge >= 0.3 is 11.8 Å². The lowest BCUT2D eigenvalue weighted by atomic mass is 10.2. The van der Waals surface area contributed by atoms with Crippen molar-refractivity contribution in [3.8, 4) is 0 Å². The second-order valence-corrected chi connectivity index (χ2v) is 8.21. The van der Waals surface area contributed by atoms with Crippen molar-refractivity contribution in [1.82, 2.24) is 19.6 Å². The molecule has 190 valence electrons. The van der Waals surface area contributed by atoms with Crippen LogP contribution in [-0.4, -0.2) is 64.2 Å². The summed E-state index contributed by atoms with van der Waals surface area (Å²) in [4.78, 5) is 40.7. The van der Waals surface area contributed by atoms with Crippen LogP contribution in [-0.2, 0) is 9.59 Å². The van der Waals surface area contributed by atoms with E-state index in [1.54, 1.807) is 12.1 Å². The molecule has 1 fully saturated rings. The molecule has 3 aromatic rings. The SMILES string of the molecule is CC.CC(C)C.CN1CCN(c2ccc(Nc3nc(=O)n(O)c4ncccc34)cc2)CC1.O=C=O. The summed E-state index contributed by atoms with van der Waals surface area (Å²) in [5.74, 6) is 1.20. The fraction of sp³-hybridized carbons (Fsp3) is 0.440. The van der Waals surface area contributed by atoms with Crippen LogP contribution in [0, 0.1) is 5.92 Å². The van der Waals surface area contributed by atoms with Gasteiger partial charge in [0.25, 0.3) is 0 Å². The number of aromatic nitrogens is 3. The number of piperazine rings is 1. The summed E-state index contributed by atoms with van der Waals surface area (Å²) in [5, 5.41) is 13.5. The van der Waals surface area contributed by atoms with Gasteiger partial charge in [0.1, 0.15) is 5.82 Å². The summed E-state index contributed by atoms with van der Waals surface area (Å²) in [5.41, 5.74) is 1.39. The fourth-order valence-electron chi connectivity index (χ4n) is 3.10. The van der Waals surface area contributed by atoms with E-state index in [1.165, 1.54) is 11.9 Å². The Labute approximate surface area is 206 Å². The second kappa shape index (κ2) is 15.2. The molecule has 0 aliphatic carbocycles. The van der Waals surface area contributed by atoms with E-state index in [2.05, 4.69) is 65.0 Å². The van der Waals surface area contributed by atoms with Crippen LogP contribution in [0.25, 0.3) is 11.0 Å². The molecule has 1 aliphatic rings. The van der Waals surface area contributed by atoms with Crippen molar-refractivity contribution in [2.75, 3.05) is 43.4 Å². The third kappa shape index (κ3) is 9.19. The standard InChI is InChI=1S/C18H20N6O2.C4H10.C2H6.CO2/c1-22-9-11-23(12-10-22)14-6-4-13(5-7-14)20-16-15-3-2-8-19-17(15)24(26)18(25)21-16;1-4(2)3;1-2;2-1-3/h2-8,26H,9-12H2,1H3,(H,20,21,25);4H,1-3H3;1-2H3;. The lowest BCUT2D eigenvalue weighted by molar-refractivity contribution is -0.191. The van der Waals surface area contributed by atoms with Crippen molar-refractivity contribution in [1.29, 1.82) is 0 Å². The predicted molar refractivity (Wildman–Crippen MR) is 137 cm³/mol. The smallest absolute Gasteiger partial charge is 0.384 e. The molecule has 0 amide bonds. The minimum Gasteiger partial charge on any atom is -0.422 e. The summed E-state index contributed by atoms with van der Waals surface area (Å²) in [7, 11) is 2.14. The van der Waals surface area contributed by atoms with Crippen molar-refractivity contribution in [3.05, 3.63) is 53.1 Å². The molecule has 4 rings (SSSR count). The molecule has 0 spiro atoms. The Bertz CT molecular complexity index is 1110. The van der Waals surface area contributed by atoms with Gasteiger partial charge in [-0.15, -0.1) is 4.73 Å². The number of rotatable bonds is 3. The molecule has 2 N–H and O–H groups in total. The molecule has 3 heterocycles. The highest BCUT2D eigenvalue weighted by Crippen LogP contribution is 2.24. The van der Waals surface area contributed by atoms with Crippen molar-refractivity contribution in [2.45, 2.75) is 34.6 Å². The molecule has 1 aliphatic heterocycles. The maximum Gasteiger partial charge on any atom is 0.384 e. The molecule has 10 nitrogen and oxygen atoms in total. The van der Waals surface area contributed by atoms with Gasteiger partial charge in [-0.25, -0.2) is 9.78 Å². The van der Waals surface area contributed by atoms with E-state index in [1.807, 2.05) is 26.0 Å². The summed E-state index contributed by atoms with van der Waals surface area (Å²) in [6.45, 7) is 14.6. The second-order valence-electron chi connectivity index (χ2n) is 8.21. The number of fused-ring (bicyclic) bond motifs is 1. The summed E-state index contributed by atoms with van der Waals surface area (Å²) in [6, 6.07) is 11.5. The van der Waals surface area contributed by atoms with Gasteiger partial charge in [-0.05, 0) is 49.4 Å². The van der Waals surface area contributed by atoms with Crippen LogP contribution in [0.2, 0.25) is 0 Å². The summed E-state index contributed by atoms with van der Waals surface area (Å²) in [6.07, 6.45) is 1.77. The zero-order chi connectivity index (χ0) is 26.4. The van der Waals surface area contributed by atoms with Gasteiger partial charge in [0.2, 0.25) is 0 Å². The first kappa shape index (κ1) is 29.3. The van der Waals surface area contributed by atoms with Crippen molar-refractivity contribution >= 4 is 34.4 Å². The maximum absolute atomic E-state index is 11.8. The molecular weight excluding hydrogens is 448 g/mol. The minimum absolute atomic E-state index is 0.170. The number of hydrogen-bond acceptors (Lipinski definition) is 9. The van der Waals surface area contributed by atoms with E-state index < -0.39 is 5.69 Å². The van der Waals surface area contributed by atoms with Gasteiger partial charge in [0.05, 0.1) is 5.39 Å². The quantitative estimate of drug-likeness (QED) is 0.537. The van der Waals surface area contributed by atoms with Crippen molar-refractivity contribution in [3.63, 3.8) is 0 Å². The third-order valence-electron chi connectivity index (χ3n) is 4.63. The van der Waals surface area contributed by atoms with Crippen molar-refractivity contribution in [2.24, 2.45) is 5.92 Å². The first-order valence-corrected chi connectivity index (χ1v) is 11.6. The Morgan fingerprint density at radius 2 is 1.54 bits per heavy atom. The zero-order valence-electron chi connectivity index (χ0n) is 21.4. The monoisotopic (exact) mass is 484 g/mol. The van der Waals surface area contributed by atoms with Crippen LogP contribution in [0.3, 0.4) is 0 Å². The average molecular weight is 485 g/mol. The van der Waals surface area contributed by atoms with E-state index >= 15 is 0 Å². The number of benzene rings is 1. The van der Waals surface area contributed by atoms with Crippen LogP contribution in [0.1, 0.15) is 34.6 Å².